The molecule has 0 spiro atoms. The third-order valence-electron chi connectivity index (χ3n) is 3.40. The van der Waals surface area contributed by atoms with E-state index >= 15 is 0 Å². The molecular formula is C19H16N2O4. The van der Waals surface area contributed by atoms with Crippen molar-refractivity contribution in [3.05, 3.63) is 66.1 Å². The van der Waals surface area contributed by atoms with E-state index < -0.39 is 5.97 Å². The zero-order valence-corrected chi connectivity index (χ0v) is 13.8. The van der Waals surface area contributed by atoms with Crippen LogP contribution in [0.15, 0.2) is 59.0 Å². The number of aryl methyl sites for hydroxylation is 1. The van der Waals surface area contributed by atoms with Gasteiger partial charge in [0, 0.05) is 18.2 Å². The molecule has 0 aliphatic rings. The van der Waals surface area contributed by atoms with Crippen LogP contribution in [0, 0.1) is 6.92 Å². The molecule has 0 radical (unpaired) electrons. The van der Waals surface area contributed by atoms with E-state index in [1.165, 1.54) is 6.92 Å². The van der Waals surface area contributed by atoms with Crippen LogP contribution in [0.25, 0.3) is 11.5 Å². The monoisotopic (exact) mass is 336 g/mol. The largest absolute Gasteiger partial charge is 0.441 e. The first kappa shape index (κ1) is 16.4. The number of esters is 1. The molecule has 1 aromatic heterocycles. The summed E-state index contributed by atoms with van der Waals surface area (Å²) in [5.74, 6) is 0.333. The lowest BCUT2D eigenvalue weighted by Gasteiger charge is -2.05. The minimum Gasteiger partial charge on any atom is -0.441 e. The number of carbonyl (C=O) groups excluding carboxylic acids is 2. The van der Waals surface area contributed by atoms with Crippen LogP contribution >= 0.6 is 0 Å². The van der Waals surface area contributed by atoms with E-state index in [4.69, 9.17) is 9.15 Å². The quantitative estimate of drug-likeness (QED) is 0.578. The van der Waals surface area contributed by atoms with Gasteiger partial charge in [0.15, 0.2) is 5.69 Å². The minimum atomic E-state index is -0.601. The molecule has 0 aliphatic heterocycles. The molecule has 0 unspecified atom stereocenters. The zero-order valence-electron chi connectivity index (χ0n) is 13.8. The second kappa shape index (κ2) is 7.00. The maximum atomic E-state index is 12.3. The predicted octanol–water partition coefficient (Wildman–Crippen LogP) is 3.83. The predicted molar refractivity (Wildman–Crippen MR) is 92.4 cm³/mol. The highest BCUT2D eigenvalue weighted by molar-refractivity contribution is 5.91. The standard InChI is InChI=1S/C19H16N2O4/c1-12-17(21-18(24-12)14-6-4-3-5-7-14)19(23)25-16-10-8-15(9-11-16)20-13(2)22/h3-11H,1-2H3,(H,20,22). The van der Waals surface area contributed by atoms with Crippen LogP contribution in [-0.2, 0) is 4.79 Å². The molecule has 6 heteroatoms. The van der Waals surface area contributed by atoms with Crippen molar-refractivity contribution in [3.63, 3.8) is 0 Å². The molecule has 25 heavy (non-hydrogen) atoms. The topological polar surface area (TPSA) is 81.4 Å². The van der Waals surface area contributed by atoms with E-state index in [-0.39, 0.29) is 11.6 Å². The number of carbonyl (C=O) groups is 2. The van der Waals surface area contributed by atoms with Crippen LogP contribution in [0.2, 0.25) is 0 Å². The van der Waals surface area contributed by atoms with E-state index in [0.717, 1.165) is 5.56 Å². The van der Waals surface area contributed by atoms with Gasteiger partial charge in [0.25, 0.3) is 0 Å². The van der Waals surface area contributed by atoms with Gasteiger partial charge in [0.05, 0.1) is 0 Å². The highest BCUT2D eigenvalue weighted by atomic mass is 16.5. The number of hydrogen-bond acceptors (Lipinski definition) is 5. The second-order valence-corrected chi connectivity index (χ2v) is 5.38. The molecule has 0 saturated carbocycles. The van der Waals surface area contributed by atoms with Crippen LogP contribution < -0.4 is 10.1 Å². The summed E-state index contributed by atoms with van der Waals surface area (Å²) in [5.41, 5.74) is 1.53. The first-order chi connectivity index (χ1) is 12.0. The maximum absolute atomic E-state index is 12.3. The van der Waals surface area contributed by atoms with Gasteiger partial charge in [-0.2, -0.15) is 0 Å². The van der Waals surface area contributed by atoms with Gasteiger partial charge in [-0.1, -0.05) is 18.2 Å². The summed E-state index contributed by atoms with van der Waals surface area (Å²) in [4.78, 5) is 27.6. The molecule has 0 saturated heterocycles. The van der Waals surface area contributed by atoms with Crippen molar-refractivity contribution < 1.29 is 18.7 Å². The lowest BCUT2D eigenvalue weighted by atomic mass is 10.2. The fourth-order valence-corrected chi connectivity index (χ4v) is 2.25. The fourth-order valence-electron chi connectivity index (χ4n) is 2.25. The van der Waals surface area contributed by atoms with Crippen LogP contribution in [0.4, 0.5) is 5.69 Å². The van der Waals surface area contributed by atoms with Gasteiger partial charge in [0.1, 0.15) is 11.5 Å². The van der Waals surface area contributed by atoms with E-state index in [2.05, 4.69) is 10.3 Å². The van der Waals surface area contributed by atoms with Gasteiger partial charge in [-0.15, -0.1) is 0 Å². The van der Waals surface area contributed by atoms with Crippen molar-refractivity contribution in [2.75, 3.05) is 5.32 Å². The number of aromatic nitrogens is 1. The van der Waals surface area contributed by atoms with E-state index in [1.807, 2.05) is 30.3 Å². The molecule has 6 nitrogen and oxygen atoms in total. The average molecular weight is 336 g/mol. The maximum Gasteiger partial charge on any atom is 0.366 e. The Bertz CT molecular complexity index is 899. The number of anilines is 1. The van der Waals surface area contributed by atoms with Gasteiger partial charge in [-0.3, -0.25) is 4.79 Å². The number of hydrogen-bond donors (Lipinski definition) is 1. The lowest BCUT2D eigenvalue weighted by Crippen LogP contribution is -2.10. The van der Waals surface area contributed by atoms with Crippen LogP contribution in [-0.4, -0.2) is 16.9 Å². The Morgan fingerprint density at radius 3 is 2.36 bits per heavy atom. The third-order valence-corrected chi connectivity index (χ3v) is 3.40. The van der Waals surface area contributed by atoms with Gasteiger partial charge < -0.3 is 14.5 Å². The minimum absolute atomic E-state index is 0.129. The second-order valence-electron chi connectivity index (χ2n) is 5.38. The summed E-state index contributed by atoms with van der Waals surface area (Å²) in [6, 6.07) is 15.8. The van der Waals surface area contributed by atoms with Gasteiger partial charge in [0.2, 0.25) is 11.8 Å². The number of nitrogens with zero attached hydrogens (tertiary/aromatic N) is 1. The van der Waals surface area contributed by atoms with Crippen LogP contribution in [0.5, 0.6) is 5.75 Å². The Kier molecular flexibility index (Phi) is 4.61. The van der Waals surface area contributed by atoms with Crippen molar-refractivity contribution in [1.82, 2.24) is 4.98 Å². The number of oxazole rings is 1. The molecule has 1 amide bonds. The van der Waals surface area contributed by atoms with Crippen molar-refractivity contribution in [1.29, 1.82) is 0 Å². The normalized spacial score (nSPS) is 10.3. The summed E-state index contributed by atoms with van der Waals surface area (Å²) < 4.78 is 10.9. The Morgan fingerprint density at radius 1 is 1.04 bits per heavy atom. The van der Waals surface area contributed by atoms with Gasteiger partial charge in [-0.25, -0.2) is 9.78 Å². The number of ether oxygens (including phenoxy) is 1. The molecule has 3 rings (SSSR count). The van der Waals surface area contributed by atoms with Gasteiger partial charge >= 0.3 is 5.97 Å². The molecule has 126 valence electrons. The zero-order chi connectivity index (χ0) is 17.8. The molecule has 0 bridgehead atoms. The molecule has 3 aromatic rings. The molecule has 0 fully saturated rings. The van der Waals surface area contributed by atoms with Crippen LogP contribution in [0.3, 0.4) is 0 Å². The van der Waals surface area contributed by atoms with Crippen molar-refractivity contribution in [3.8, 4) is 17.2 Å². The molecular weight excluding hydrogens is 320 g/mol. The SMILES string of the molecule is CC(=O)Nc1ccc(OC(=O)c2nc(-c3ccccc3)oc2C)cc1. The van der Waals surface area contributed by atoms with Crippen molar-refractivity contribution in [2.45, 2.75) is 13.8 Å². The number of rotatable bonds is 4. The Labute approximate surface area is 144 Å². The van der Waals surface area contributed by atoms with E-state index in [0.29, 0.717) is 23.1 Å². The van der Waals surface area contributed by atoms with Crippen molar-refractivity contribution in [2.24, 2.45) is 0 Å². The van der Waals surface area contributed by atoms with Gasteiger partial charge in [-0.05, 0) is 43.3 Å². The summed E-state index contributed by atoms with van der Waals surface area (Å²) >= 11 is 0. The summed E-state index contributed by atoms with van der Waals surface area (Å²) in [7, 11) is 0. The Hall–Kier alpha value is -3.41. The number of benzene rings is 2. The average Bonchev–Trinajstić information content (AvgIpc) is 2.99. The van der Waals surface area contributed by atoms with E-state index in [9.17, 15) is 9.59 Å². The summed E-state index contributed by atoms with van der Waals surface area (Å²) in [6.07, 6.45) is 0. The van der Waals surface area contributed by atoms with E-state index in [1.54, 1.807) is 31.2 Å². The number of amides is 1. The molecule has 1 heterocycles. The smallest absolute Gasteiger partial charge is 0.366 e. The third kappa shape index (κ3) is 3.92. The molecule has 2 aromatic carbocycles. The first-order valence-electron chi connectivity index (χ1n) is 7.65. The number of nitrogens with one attached hydrogen (secondary N) is 1. The highest BCUT2D eigenvalue weighted by Gasteiger charge is 2.20. The molecule has 0 atom stereocenters. The first-order valence-corrected chi connectivity index (χ1v) is 7.65. The Morgan fingerprint density at radius 2 is 1.72 bits per heavy atom. The fraction of sp³-hybridized carbons (Fsp3) is 0.105. The molecule has 0 aliphatic carbocycles. The lowest BCUT2D eigenvalue weighted by molar-refractivity contribution is -0.114. The summed E-state index contributed by atoms with van der Waals surface area (Å²) in [5, 5.41) is 2.64. The summed E-state index contributed by atoms with van der Waals surface area (Å²) in [6.45, 7) is 3.08. The molecule has 1 N–H and O–H groups in total. The Balaban J connectivity index is 1.75. The van der Waals surface area contributed by atoms with Crippen molar-refractivity contribution >= 4 is 17.6 Å². The highest BCUT2D eigenvalue weighted by Crippen LogP contribution is 2.23. The van der Waals surface area contributed by atoms with Crippen LogP contribution in [0.1, 0.15) is 23.2 Å².